The first-order chi connectivity index (χ1) is 7.97. The highest BCUT2D eigenvalue weighted by Gasteiger charge is 2.39. The minimum atomic E-state index is 0.00224. The predicted octanol–water partition coefficient (Wildman–Crippen LogP) is 2.82. The van der Waals surface area contributed by atoms with Crippen molar-refractivity contribution in [3.8, 4) is 11.5 Å². The molecule has 0 bridgehead atoms. The lowest BCUT2D eigenvalue weighted by Crippen LogP contribution is -2.25. The molecule has 1 aliphatic heterocycles. The zero-order valence-corrected chi connectivity index (χ0v) is 10.4. The molecule has 3 nitrogen and oxygen atoms in total. The molecule has 0 saturated carbocycles. The third-order valence-electron chi connectivity index (χ3n) is 3.65. The van der Waals surface area contributed by atoms with Gasteiger partial charge in [-0.3, -0.25) is 4.79 Å². The number of hydrogen-bond donors (Lipinski definition) is 0. The first kappa shape index (κ1) is 10.6. The maximum absolute atomic E-state index is 12.3. The second-order valence-corrected chi connectivity index (χ2v) is 5.85. The standard InChI is InChI=1S/C14H16O3/c1-14(2,3)10-4-8-5-11-12(17-7-16-11)6-9(8)13(10)15/h5-6,10H,4,7H2,1-3H3. The topological polar surface area (TPSA) is 35.5 Å². The van der Waals surface area contributed by atoms with Gasteiger partial charge in [0.15, 0.2) is 17.3 Å². The molecule has 0 saturated heterocycles. The lowest BCUT2D eigenvalue weighted by atomic mass is 9.78. The van der Waals surface area contributed by atoms with E-state index in [-0.39, 0.29) is 23.9 Å². The Balaban J connectivity index is 2.04. The molecule has 3 rings (SSSR count). The summed E-state index contributed by atoms with van der Waals surface area (Å²) in [6.45, 7) is 6.60. The van der Waals surface area contributed by atoms with Crippen molar-refractivity contribution in [3.05, 3.63) is 23.3 Å². The molecule has 1 atom stereocenters. The summed E-state index contributed by atoms with van der Waals surface area (Å²) in [6.07, 6.45) is 0.814. The van der Waals surface area contributed by atoms with Crippen molar-refractivity contribution >= 4 is 5.78 Å². The van der Waals surface area contributed by atoms with Crippen LogP contribution in [0.2, 0.25) is 0 Å². The Morgan fingerprint density at radius 2 is 1.82 bits per heavy atom. The van der Waals surface area contributed by atoms with E-state index in [9.17, 15) is 4.79 Å². The summed E-state index contributed by atoms with van der Waals surface area (Å²) in [7, 11) is 0. The minimum Gasteiger partial charge on any atom is -0.454 e. The number of carbonyl (C=O) groups excluding carboxylic acids is 1. The Labute approximate surface area is 101 Å². The van der Waals surface area contributed by atoms with Gasteiger partial charge in [0.25, 0.3) is 0 Å². The number of fused-ring (bicyclic) bond motifs is 2. The lowest BCUT2D eigenvalue weighted by molar-refractivity contribution is 0.0843. The van der Waals surface area contributed by atoms with Gasteiger partial charge in [-0.05, 0) is 29.5 Å². The van der Waals surface area contributed by atoms with E-state index in [0.717, 1.165) is 23.3 Å². The fraction of sp³-hybridized carbons (Fsp3) is 0.500. The van der Waals surface area contributed by atoms with E-state index >= 15 is 0 Å². The van der Waals surface area contributed by atoms with E-state index in [1.165, 1.54) is 0 Å². The molecule has 0 amide bonds. The average molecular weight is 232 g/mol. The maximum atomic E-state index is 12.3. The lowest BCUT2D eigenvalue weighted by Gasteiger charge is -2.24. The maximum Gasteiger partial charge on any atom is 0.231 e. The van der Waals surface area contributed by atoms with Crippen LogP contribution in [0.4, 0.5) is 0 Å². The van der Waals surface area contributed by atoms with Gasteiger partial charge in [-0.15, -0.1) is 0 Å². The van der Waals surface area contributed by atoms with E-state index in [1.807, 2.05) is 12.1 Å². The quantitative estimate of drug-likeness (QED) is 0.690. The van der Waals surface area contributed by atoms with Gasteiger partial charge < -0.3 is 9.47 Å². The van der Waals surface area contributed by atoms with E-state index < -0.39 is 0 Å². The fourth-order valence-corrected chi connectivity index (χ4v) is 2.58. The average Bonchev–Trinajstić information content (AvgIpc) is 2.79. The molecule has 17 heavy (non-hydrogen) atoms. The van der Waals surface area contributed by atoms with Crippen molar-refractivity contribution in [2.45, 2.75) is 27.2 Å². The molecule has 0 spiro atoms. The van der Waals surface area contributed by atoms with Gasteiger partial charge in [-0.1, -0.05) is 20.8 Å². The third-order valence-corrected chi connectivity index (χ3v) is 3.65. The van der Waals surface area contributed by atoms with Crippen LogP contribution in [0.15, 0.2) is 12.1 Å². The summed E-state index contributed by atoms with van der Waals surface area (Å²) in [6, 6.07) is 3.80. The van der Waals surface area contributed by atoms with E-state index in [4.69, 9.17) is 9.47 Å². The number of ether oxygens (including phenoxy) is 2. The Morgan fingerprint density at radius 3 is 2.47 bits per heavy atom. The van der Waals surface area contributed by atoms with Crippen LogP contribution >= 0.6 is 0 Å². The molecule has 0 N–H and O–H groups in total. The van der Waals surface area contributed by atoms with Crippen molar-refractivity contribution in [1.82, 2.24) is 0 Å². The van der Waals surface area contributed by atoms with Crippen LogP contribution in [0.1, 0.15) is 36.7 Å². The van der Waals surface area contributed by atoms with Gasteiger partial charge in [0.2, 0.25) is 6.79 Å². The number of rotatable bonds is 0. The van der Waals surface area contributed by atoms with Crippen LogP contribution < -0.4 is 9.47 Å². The van der Waals surface area contributed by atoms with Crippen LogP contribution in [0.5, 0.6) is 11.5 Å². The molecule has 0 radical (unpaired) electrons. The highest BCUT2D eigenvalue weighted by Crippen LogP contribution is 2.43. The molecule has 3 heteroatoms. The zero-order valence-electron chi connectivity index (χ0n) is 10.4. The summed E-state index contributed by atoms with van der Waals surface area (Å²) in [4.78, 5) is 12.3. The summed E-state index contributed by atoms with van der Waals surface area (Å²) < 4.78 is 10.7. The van der Waals surface area contributed by atoms with E-state index in [1.54, 1.807) is 0 Å². The van der Waals surface area contributed by atoms with Crippen LogP contribution in [0.3, 0.4) is 0 Å². The Hall–Kier alpha value is -1.51. The largest absolute Gasteiger partial charge is 0.454 e. The van der Waals surface area contributed by atoms with Crippen LogP contribution in [-0.2, 0) is 6.42 Å². The minimum absolute atomic E-state index is 0.00224. The number of hydrogen-bond acceptors (Lipinski definition) is 3. The molecular weight excluding hydrogens is 216 g/mol. The summed E-state index contributed by atoms with van der Waals surface area (Å²) >= 11 is 0. The highest BCUT2D eigenvalue weighted by molar-refractivity contribution is 6.03. The number of ketones is 1. The van der Waals surface area contributed by atoms with Crippen molar-refractivity contribution in [2.24, 2.45) is 11.3 Å². The van der Waals surface area contributed by atoms with Crippen LogP contribution in [0.25, 0.3) is 0 Å². The molecule has 1 aromatic carbocycles. The van der Waals surface area contributed by atoms with Crippen molar-refractivity contribution in [2.75, 3.05) is 6.79 Å². The summed E-state index contributed by atoms with van der Waals surface area (Å²) in [5, 5.41) is 0. The summed E-state index contributed by atoms with van der Waals surface area (Å²) in [5.74, 6) is 1.78. The van der Waals surface area contributed by atoms with E-state index in [2.05, 4.69) is 20.8 Å². The first-order valence-corrected chi connectivity index (χ1v) is 5.93. The third kappa shape index (κ3) is 1.53. The number of carbonyl (C=O) groups is 1. The molecule has 1 aliphatic carbocycles. The predicted molar refractivity (Wildman–Crippen MR) is 63.5 cm³/mol. The molecular formula is C14H16O3. The van der Waals surface area contributed by atoms with E-state index in [0.29, 0.717) is 5.75 Å². The first-order valence-electron chi connectivity index (χ1n) is 5.93. The second-order valence-electron chi connectivity index (χ2n) is 5.85. The fourth-order valence-electron chi connectivity index (χ4n) is 2.58. The highest BCUT2D eigenvalue weighted by atomic mass is 16.7. The van der Waals surface area contributed by atoms with Crippen molar-refractivity contribution < 1.29 is 14.3 Å². The van der Waals surface area contributed by atoms with Gasteiger partial charge in [-0.25, -0.2) is 0 Å². The van der Waals surface area contributed by atoms with Gasteiger partial charge in [0, 0.05) is 11.5 Å². The number of Topliss-reactive ketones (excluding diaryl/α,β-unsaturated/α-hetero) is 1. The smallest absolute Gasteiger partial charge is 0.231 e. The molecule has 1 aromatic rings. The van der Waals surface area contributed by atoms with Gasteiger partial charge in [-0.2, -0.15) is 0 Å². The SMILES string of the molecule is CC(C)(C)C1Cc2cc3c(cc2C1=O)OCO3. The number of benzene rings is 1. The Kier molecular flexibility index (Phi) is 2.03. The summed E-state index contributed by atoms with van der Waals surface area (Å²) in [5.41, 5.74) is 1.91. The Bertz CT molecular complexity index is 497. The van der Waals surface area contributed by atoms with Crippen LogP contribution in [0, 0.1) is 11.3 Å². The molecule has 0 aromatic heterocycles. The normalized spacial score (nSPS) is 21.8. The zero-order chi connectivity index (χ0) is 12.2. The van der Waals surface area contributed by atoms with Crippen LogP contribution in [-0.4, -0.2) is 12.6 Å². The van der Waals surface area contributed by atoms with Crippen molar-refractivity contribution in [3.63, 3.8) is 0 Å². The van der Waals surface area contributed by atoms with Gasteiger partial charge >= 0.3 is 0 Å². The molecule has 2 aliphatic rings. The Morgan fingerprint density at radius 1 is 1.18 bits per heavy atom. The molecule has 1 unspecified atom stereocenters. The monoisotopic (exact) mass is 232 g/mol. The van der Waals surface area contributed by atoms with Crippen molar-refractivity contribution in [1.29, 1.82) is 0 Å². The molecule has 0 fully saturated rings. The molecule has 90 valence electrons. The van der Waals surface area contributed by atoms with Gasteiger partial charge in [0.1, 0.15) is 0 Å². The second kappa shape index (κ2) is 3.25. The van der Waals surface area contributed by atoms with Gasteiger partial charge in [0.05, 0.1) is 0 Å². The molecule has 1 heterocycles.